The van der Waals surface area contributed by atoms with Crippen molar-refractivity contribution >= 4 is 46.5 Å². The zero-order valence-electron chi connectivity index (χ0n) is 19.3. The zero-order valence-corrected chi connectivity index (χ0v) is 19.3. The van der Waals surface area contributed by atoms with E-state index in [1.165, 1.54) is 6.92 Å². The van der Waals surface area contributed by atoms with Gasteiger partial charge in [0.15, 0.2) is 0 Å². The van der Waals surface area contributed by atoms with Crippen molar-refractivity contribution in [1.29, 1.82) is 0 Å². The van der Waals surface area contributed by atoms with E-state index in [2.05, 4.69) is 15.6 Å². The number of para-hydroxylation sites is 1. The Bertz CT molecular complexity index is 1160. The molecule has 0 bridgehead atoms. The molecule has 14 nitrogen and oxygen atoms in total. The van der Waals surface area contributed by atoms with Crippen molar-refractivity contribution in [3.8, 4) is 0 Å². The Morgan fingerprint density at radius 2 is 1.56 bits per heavy atom. The molecule has 4 atom stereocenters. The summed E-state index contributed by atoms with van der Waals surface area (Å²) in [4.78, 5) is 74.0. The highest BCUT2D eigenvalue weighted by atomic mass is 16.4. The van der Waals surface area contributed by atoms with Crippen LogP contribution in [-0.4, -0.2) is 74.9 Å². The van der Waals surface area contributed by atoms with Gasteiger partial charge >= 0.3 is 11.9 Å². The number of carboxylic acid groups (broad SMARTS) is 2. The Balaban J connectivity index is 2.00. The number of hydrogen-bond acceptors (Lipinski definition) is 7. The van der Waals surface area contributed by atoms with Crippen LogP contribution in [0.25, 0.3) is 10.9 Å². The summed E-state index contributed by atoms with van der Waals surface area (Å²) < 4.78 is 0. The van der Waals surface area contributed by atoms with E-state index in [0.717, 1.165) is 16.5 Å². The highest BCUT2D eigenvalue weighted by Gasteiger charge is 2.31. The first-order valence-electron chi connectivity index (χ1n) is 10.8. The van der Waals surface area contributed by atoms with Gasteiger partial charge in [-0.25, -0.2) is 4.79 Å². The molecule has 10 N–H and O–H groups in total. The molecule has 0 saturated heterocycles. The van der Waals surface area contributed by atoms with Crippen LogP contribution in [0.1, 0.15) is 25.3 Å². The van der Waals surface area contributed by atoms with Crippen LogP contribution in [0.2, 0.25) is 0 Å². The van der Waals surface area contributed by atoms with Gasteiger partial charge in [-0.3, -0.25) is 24.0 Å². The van der Waals surface area contributed by atoms with E-state index in [1.807, 2.05) is 29.6 Å². The molecule has 0 spiro atoms. The van der Waals surface area contributed by atoms with E-state index < -0.39 is 72.6 Å². The second kappa shape index (κ2) is 12.3. The number of H-pyrrole nitrogens is 1. The van der Waals surface area contributed by atoms with Gasteiger partial charge < -0.3 is 42.6 Å². The van der Waals surface area contributed by atoms with E-state index in [-0.39, 0.29) is 6.42 Å². The van der Waals surface area contributed by atoms with Gasteiger partial charge in [-0.15, -0.1) is 0 Å². The number of primary amides is 1. The molecule has 0 saturated carbocycles. The van der Waals surface area contributed by atoms with Crippen molar-refractivity contribution in [3.05, 3.63) is 36.0 Å². The second-order valence-corrected chi connectivity index (χ2v) is 8.13. The number of rotatable bonds is 13. The molecule has 0 fully saturated rings. The molecule has 0 radical (unpaired) electrons. The van der Waals surface area contributed by atoms with Crippen LogP contribution in [0.4, 0.5) is 0 Å². The van der Waals surface area contributed by atoms with Gasteiger partial charge in [-0.05, 0) is 25.0 Å². The van der Waals surface area contributed by atoms with Crippen LogP contribution in [-0.2, 0) is 35.2 Å². The van der Waals surface area contributed by atoms with Gasteiger partial charge in [-0.1, -0.05) is 18.2 Å². The van der Waals surface area contributed by atoms with Crippen molar-refractivity contribution < 1.29 is 39.0 Å². The van der Waals surface area contributed by atoms with Gasteiger partial charge in [0.2, 0.25) is 23.6 Å². The molecule has 1 aromatic heterocycles. The number of carboxylic acids is 2. The summed E-state index contributed by atoms with van der Waals surface area (Å²) in [6, 6.07) is 1.80. The van der Waals surface area contributed by atoms with E-state index in [1.54, 1.807) is 6.20 Å². The molecule has 14 heteroatoms. The first-order chi connectivity index (χ1) is 16.9. The fourth-order valence-electron chi connectivity index (χ4n) is 3.37. The largest absolute Gasteiger partial charge is 0.481 e. The topological polar surface area (TPSA) is 247 Å². The van der Waals surface area contributed by atoms with Crippen LogP contribution < -0.4 is 27.4 Å². The third-order valence-electron chi connectivity index (χ3n) is 5.24. The molecule has 0 aliphatic heterocycles. The van der Waals surface area contributed by atoms with E-state index in [0.29, 0.717) is 0 Å². The SMILES string of the molecule is CC(NC(=O)C(N)Cc1c[nH]c2ccccc12)C(=O)NC(CC(=O)O)C(=O)NC(CC(N)=O)C(=O)O. The highest BCUT2D eigenvalue weighted by molar-refractivity contribution is 5.96. The molecule has 36 heavy (non-hydrogen) atoms. The van der Waals surface area contributed by atoms with Crippen molar-refractivity contribution in [1.82, 2.24) is 20.9 Å². The number of carbonyl (C=O) groups is 6. The van der Waals surface area contributed by atoms with Crippen LogP contribution >= 0.6 is 0 Å². The van der Waals surface area contributed by atoms with Crippen LogP contribution in [0.5, 0.6) is 0 Å². The quantitative estimate of drug-likeness (QED) is 0.149. The predicted octanol–water partition coefficient (Wildman–Crippen LogP) is -2.05. The molecule has 194 valence electrons. The molecule has 4 unspecified atom stereocenters. The Kier molecular flexibility index (Phi) is 9.50. The minimum atomic E-state index is -1.72. The maximum atomic E-state index is 12.6. The van der Waals surface area contributed by atoms with Crippen LogP contribution in [0, 0.1) is 0 Å². The summed E-state index contributed by atoms with van der Waals surface area (Å²) in [5.41, 5.74) is 12.6. The number of carbonyl (C=O) groups excluding carboxylic acids is 4. The van der Waals surface area contributed by atoms with Gasteiger partial charge in [-0.2, -0.15) is 0 Å². The number of aliphatic carboxylic acids is 2. The van der Waals surface area contributed by atoms with Crippen molar-refractivity contribution in [2.45, 2.75) is 50.4 Å². The molecular weight excluding hydrogens is 476 g/mol. The lowest BCUT2D eigenvalue weighted by Gasteiger charge is -2.22. The lowest BCUT2D eigenvalue weighted by Crippen LogP contribution is -2.57. The van der Waals surface area contributed by atoms with Crippen LogP contribution in [0.15, 0.2) is 30.5 Å². The summed E-state index contributed by atoms with van der Waals surface area (Å²) in [6.45, 7) is 1.30. The van der Waals surface area contributed by atoms with Gasteiger partial charge in [0, 0.05) is 17.1 Å². The maximum absolute atomic E-state index is 12.6. The summed E-state index contributed by atoms with van der Waals surface area (Å²) in [7, 11) is 0. The molecule has 4 amide bonds. The first-order valence-corrected chi connectivity index (χ1v) is 10.8. The molecule has 0 aliphatic carbocycles. The number of aromatic nitrogens is 1. The maximum Gasteiger partial charge on any atom is 0.326 e. The standard InChI is InChI=1S/C22H28N6O8/c1-10(26-20(33)13(23)6-11-9-25-14-5-3-2-4-12(11)14)19(32)27-15(8-18(30)31)21(34)28-16(22(35)36)7-17(24)29/h2-5,9-10,13,15-16,25H,6-8,23H2,1H3,(H2,24,29)(H,26,33)(H,27,32)(H,28,34)(H,30,31)(H,35,36). The number of aromatic amines is 1. The first kappa shape index (κ1) is 27.8. The second-order valence-electron chi connectivity index (χ2n) is 8.13. The summed E-state index contributed by atoms with van der Waals surface area (Å²) >= 11 is 0. The van der Waals surface area contributed by atoms with Gasteiger partial charge in [0.1, 0.15) is 18.1 Å². The van der Waals surface area contributed by atoms with E-state index in [4.69, 9.17) is 21.7 Å². The summed E-state index contributed by atoms with van der Waals surface area (Å²) in [5.74, 6) is -6.78. The average molecular weight is 505 g/mol. The van der Waals surface area contributed by atoms with E-state index in [9.17, 15) is 28.8 Å². The molecular formula is C22H28N6O8. The van der Waals surface area contributed by atoms with E-state index >= 15 is 0 Å². The lowest BCUT2D eigenvalue weighted by molar-refractivity contribution is -0.144. The van der Waals surface area contributed by atoms with Crippen molar-refractivity contribution in [2.24, 2.45) is 11.5 Å². The lowest BCUT2D eigenvalue weighted by atomic mass is 10.0. The number of amides is 4. The fraction of sp³-hybridized carbons (Fsp3) is 0.364. The highest BCUT2D eigenvalue weighted by Crippen LogP contribution is 2.18. The Labute approximate surface area is 204 Å². The molecule has 0 aliphatic rings. The third-order valence-corrected chi connectivity index (χ3v) is 5.24. The average Bonchev–Trinajstić information content (AvgIpc) is 3.20. The Morgan fingerprint density at radius 1 is 0.917 bits per heavy atom. The zero-order chi connectivity index (χ0) is 27.0. The normalized spacial score (nSPS) is 14.2. The van der Waals surface area contributed by atoms with Crippen molar-refractivity contribution in [3.63, 3.8) is 0 Å². The monoisotopic (exact) mass is 504 g/mol. The van der Waals surface area contributed by atoms with Crippen LogP contribution in [0.3, 0.4) is 0 Å². The molecule has 1 aromatic carbocycles. The van der Waals surface area contributed by atoms with Crippen molar-refractivity contribution in [2.75, 3.05) is 0 Å². The number of hydrogen-bond donors (Lipinski definition) is 8. The molecule has 2 aromatic rings. The summed E-state index contributed by atoms with van der Waals surface area (Å²) in [6.07, 6.45) is 0.271. The van der Waals surface area contributed by atoms with Gasteiger partial charge in [0.25, 0.3) is 0 Å². The fourth-order valence-corrected chi connectivity index (χ4v) is 3.37. The third kappa shape index (κ3) is 7.80. The summed E-state index contributed by atoms with van der Waals surface area (Å²) in [5, 5.41) is 25.6. The minimum Gasteiger partial charge on any atom is -0.481 e. The Morgan fingerprint density at radius 3 is 2.17 bits per heavy atom. The smallest absolute Gasteiger partial charge is 0.326 e. The number of fused-ring (bicyclic) bond motifs is 1. The number of benzene rings is 1. The molecule has 1 heterocycles. The minimum absolute atomic E-state index is 0.171. The molecule has 2 rings (SSSR count). The predicted molar refractivity (Wildman–Crippen MR) is 125 cm³/mol. The number of nitrogens with one attached hydrogen (secondary N) is 4. The Hall–Kier alpha value is -4.46. The van der Waals surface area contributed by atoms with Gasteiger partial charge in [0.05, 0.1) is 18.9 Å². The number of nitrogens with two attached hydrogens (primary N) is 2.